The topological polar surface area (TPSA) is 116 Å². The zero-order valence-electron chi connectivity index (χ0n) is 13.1. The van der Waals surface area contributed by atoms with Crippen LogP contribution in [0.4, 0.5) is 5.69 Å². The summed E-state index contributed by atoms with van der Waals surface area (Å²) in [5.74, 6) is -1.44. The van der Waals surface area contributed by atoms with Gasteiger partial charge in [0.1, 0.15) is 10.8 Å². The number of aromatic nitrogens is 4. The van der Waals surface area contributed by atoms with Gasteiger partial charge in [0.25, 0.3) is 11.8 Å². The maximum Gasteiger partial charge on any atom is 0.274 e. The number of halogens is 4. The second-order valence-corrected chi connectivity index (χ2v) is 6.63. The van der Waals surface area contributed by atoms with E-state index >= 15 is 0 Å². The molecule has 138 valence electrons. The molecule has 3 N–H and O–H groups in total. The van der Waals surface area contributed by atoms with E-state index in [0.29, 0.717) is 0 Å². The number of nitrogens with one attached hydrogen (secondary N) is 1. The van der Waals surface area contributed by atoms with Gasteiger partial charge in [0.05, 0.1) is 15.7 Å². The molecule has 2 amide bonds. The van der Waals surface area contributed by atoms with E-state index in [-0.39, 0.29) is 43.2 Å². The van der Waals surface area contributed by atoms with E-state index < -0.39 is 11.8 Å². The van der Waals surface area contributed by atoms with E-state index in [0.717, 1.165) is 4.68 Å². The summed E-state index contributed by atoms with van der Waals surface area (Å²) in [6.45, 7) is 0. The van der Waals surface area contributed by atoms with Gasteiger partial charge in [0, 0.05) is 12.3 Å². The third-order valence-electron chi connectivity index (χ3n) is 3.26. The van der Waals surface area contributed by atoms with Gasteiger partial charge in [-0.1, -0.05) is 46.4 Å². The molecule has 3 aromatic heterocycles. The quantitative estimate of drug-likeness (QED) is 0.594. The third kappa shape index (κ3) is 3.98. The van der Waals surface area contributed by atoms with Gasteiger partial charge in [-0.3, -0.25) is 9.59 Å². The van der Waals surface area contributed by atoms with Crippen molar-refractivity contribution < 1.29 is 9.59 Å². The molecule has 0 fully saturated rings. The standard InChI is InChI=1S/C15H8Cl4N6O2/c16-6-2-1-3-21-14(6)25-8(5-10(19)24-25)15(27)23-11-7(17)4-9(18)22-12(11)13(20)26/h1-5H,(H2,20,26)(H,23,27). The van der Waals surface area contributed by atoms with E-state index in [4.69, 9.17) is 52.1 Å². The minimum Gasteiger partial charge on any atom is -0.364 e. The third-order valence-corrected chi connectivity index (χ3v) is 4.24. The molecule has 3 rings (SSSR count). The molecule has 0 aliphatic heterocycles. The molecule has 0 unspecified atom stereocenters. The van der Waals surface area contributed by atoms with Crippen molar-refractivity contribution in [3.05, 3.63) is 62.2 Å². The average molecular weight is 446 g/mol. The predicted molar refractivity (Wildman–Crippen MR) is 102 cm³/mol. The summed E-state index contributed by atoms with van der Waals surface area (Å²) in [6.07, 6.45) is 1.48. The number of carbonyl (C=O) groups excluding carboxylic acids is 2. The van der Waals surface area contributed by atoms with E-state index in [1.165, 1.54) is 18.3 Å². The zero-order valence-corrected chi connectivity index (χ0v) is 16.1. The first kappa shape index (κ1) is 19.4. The van der Waals surface area contributed by atoms with Crippen LogP contribution in [0, 0.1) is 0 Å². The Bertz CT molecular complexity index is 1070. The van der Waals surface area contributed by atoms with Gasteiger partial charge in [0.15, 0.2) is 16.7 Å². The normalized spacial score (nSPS) is 10.7. The summed E-state index contributed by atoms with van der Waals surface area (Å²) in [5, 5.41) is 6.67. The predicted octanol–water partition coefficient (Wildman–Crippen LogP) is 3.63. The molecule has 0 spiro atoms. The van der Waals surface area contributed by atoms with Crippen LogP contribution in [0.2, 0.25) is 20.4 Å². The molecule has 0 aliphatic carbocycles. The Kier molecular flexibility index (Phi) is 5.52. The second-order valence-electron chi connectivity index (χ2n) is 5.04. The average Bonchev–Trinajstić information content (AvgIpc) is 2.99. The number of nitrogens with zero attached hydrogens (tertiary/aromatic N) is 4. The Labute approximate surface area is 172 Å². The highest BCUT2D eigenvalue weighted by Gasteiger charge is 2.23. The number of carbonyl (C=O) groups is 2. The molecule has 0 atom stereocenters. The molecular weight excluding hydrogens is 438 g/mol. The Balaban J connectivity index is 2.05. The van der Waals surface area contributed by atoms with Crippen molar-refractivity contribution in [1.82, 2.24) is 19.7 Å². The smallest absolute Gasteiger partial charge is 0.274 e. The van der Waals surface area contributed by atoms with Crippen molar-refractivity contribution in [3.8, 4) is 5.82 Å². The summed E-state index contributed by atoms with van der Waals surface area (Å²) in [6, 6.07) is 5.75. The molecule has 0 aromatic carbocycles. The first-order valence-corrected chi connectivity index (χ1v) is 8.62. The number of rotatable bonds is 4. The highest BCUT2D eigenvalue weighted by atomic mass is 35.5. The van der Waals surface area contributed by atoms with E-state index in [1.54, 1.807) is 12.1 Å². The van der Waals surface area contributed by atoms with Crippen molar-refractivity contribution in [1.29, 1.82) is 0 Å². The fraction of sp³-hybridized carbons (Fsp3) is 0. The molecular formula is C15H8Cl4N6O2. The van der Waals surface area contributed by atoms with Crippen molar-refractivity contribution in [3.63, 3.8) is 0 Å². The zero-order chi connectivity index (χ0) is 19.7. The molecule has 0 bridgehead atoms. The van der Waals surface area contributed by atoms with Crippen molar-refractivity contribution in [2.24, 2.45) is 5.73 Å². The van der Waals surface area contributed by atoms with Crippen LogP contribution < -0.4 is 11.1 Å². The van der Waals surface area contributed by atoms with Crippen LogP contribution in [0.25, 0.3) is 5.82 Å². The molecule has 27 heavy (non-hydrogen) atoms. The van der Waals surface area contributed by atoms with E-state index in [2.05, 4.69) is 20.4 Å². The summed E-state index contributed by atoms with van der Waals surface area (Å²) in [4.78, 5) is 32.3. The summed E-state index contributed by atoms with van der Waals surface area (Å²) >= 11 is 23.9. The number of hydrogen-bond acceptors (Lipinski definition) is 5. The van der Waals surface area contributed by atoms with Crippen LogP contribution in [-0.4, -0.2) is 31.6 Å². The number of amides is 2. The minimum atomic E-state index is -0.922. The Hall–Kier alpha value is -2.39. The summed E-state index contributed by atoms with van der Waals surface area (Å²) in [7, 11) is 0. The van der Waals surface area contributed by atoms with Gasteiger partial charge in [-0.15, -0.1) is 0 Å². The van der Waals surface area contributed by atoms with Gasteiger partial charge in [-0.2, -0.15) is 5.10 Å². The minimum absolute atomic E-state index is 0.0120. The molecule has 0 aliphatic rings. The van der Waals surface area contributed by atoms with Gasteiger partial charge in [0.2, 0.25) is 0 Å². The SMILES string of the molecule is NC(=O)c1nc(Cl)cc(Cl)c1NC(=O)c1cc(Cl)nn1-c1ncccc1Cl. The van der Waals surface area contributed by atoms with Crippen LogP contribution >= 0.6 is 46.4 Å². The van der Waals surface area contributed by atoms with Crippen molar-refractivity contribution >= 4 is 63.9 Å². The number of nitrogens with two attached hydrogens (primary N) is 1. The highest BCUT2D eigenvalue weighted by Crippen LogP contribution is 2.29. The Morgan fingerprint density at radius 2 is 1.81 bits per heavy atom. The summed E-state index contributed by atoms with van der Waals surface area (Å²) < 4.78 is 1.15. The summed E-state index contributed by atoms with van der Waals surface area (Å²) in [5.41, 5.74) is 4.86. The molecule has 12 heteroatoms. The second kappa shape index (κ2) is 7.69. The first-order chi connectivity index (χ1) is 12.8. The van der Waals surface area contributed by atoms with Crippen LogP contribution in [0.5, 0.6) is 0 Å². The number of hydrogen-bond donors (Lipinski definition) is 2. The van der Waals surface area contributed by atoms with Crippen molar-refractivity contribution in [2.75, 3.05) is 5.32 Å². The van der Waals surface area contributed by atoms with Crippen LogP contribution in [0.1, 0.15) is 21.0 Å². The number of anilines is 1. The highest BCUT2D eigenvalue weighted by molar-refractivity contribution is 6.37. The van der Waals surface area contributed by atoms with Crippen LogP contribution in [-0.2, 0) is 0 Å². The molecule has 8 nitrogen and oxygen atoms in total. The lowest BCUT2D eigenvalue weighted by molar-refractivity contribution is 0.0996. The van der Waals surface area contributed by atoms with E-state index in [1.807, 2.05) is 0 Å². The fourth-order valence-electron chi connectivity index (χ4n) is 2.17. The van der Waals surface area contributed by atoms with E-state index in [9.17, 15) is 9.59 Å². The first-order valence-electron chi connectivity index (χ1n) is 7.11. The molecule has 3 aromatic rings. The van der Waals surface area contributed by atoms with Crippen molar-refractivity contribution in [2.45, 2.75) is 0 Å². The maximum absolute atomic E-state index is 12.8. The Morgan fingerprint density at radius 3 is 2.48 bits per heavy atom. The van der Waals surface area contributed by atoms with Crippen LogP contribution in [0.3, 0.4) is 0 Å². The Morgan fingerprint density at radius 1 is 1.07 bits per heavy atom. The van der Waals surface area contributed by atoms with Gasteiger partial charge >= 0.3 is 0 Å². The lowest BCUT2D eigenvalue weighted by atomic mass is 10.2. The van der Waals surface area contributed by atoms with Gasteiger partial charge in [-0.05, 0) is 18.2 Å². The lowest BCUT2D eigenvalue weighted by Crippen LogP contribution is -2.22. The maximum atomic E-state index is 12.8. The monoisotopic (exact) mass is 444 g/mol. The number of primary amides is 1. The fourth-order valence-corrected chi connectivity index (χ4v) is 3.04. The van der Waals surface area contributed by atoms with Crippen LogP contribution in [0.15, 0.2) is 30.5 Å². The largest absolute Gasteiger partial charge is 0.364 e. The molecule has 0 radical (unpaired) electrons. The molecule has 0 saturated heterocycles. The molecule has 0 saturated carbocycles. The van der Waals surface area contributed by atoms with Gasteiger partial charge < -0.3 is 11.1 Å². The molecule has 3 heterocycles. The number of pyridine rings is 2. The van der Waals surface area contributed by atoms with Gasteiger partial charge in [-0.25, -0.2) is 14.6 Å². The lowest BCUT2D eigenvalue weighted by Gasteiger charge is -2.12.